The Bertz CT molecular complexity index is 745. The second kappa shape index (κ2) is 6.67. The number of hydrogen-bond donors (Lipinski definition) is 3. The smallest absolute Gasteiger partial charge is 0.328 e. The van der Waals surface area contributed by atoms with Crippen molar-refractivity contribution in [2.24, 2.45) is 0 Å². The molecule has 0 saturated heterocycles. The monoisotopic (exact) mass is 304 g/mol. The van der Waals surface area contributed by atoms with Crippen LogP contribution < -0.4 is 10.2 Å². The SMILES string of the molecule is O=C(O)/C=C/c1cccc(C(=O)NCc2csc(=O)[nH]2)c1. The molecule has 0 unspecified atom stereocenters. The number of rotatable bonds is 5. The third kappa shape index (κ3) is 4.43. The number of carboxylic acids is 1. The van der Waals surface area contributed by atoms with E-state index in [-0.39, 0.29) is 17.3 Å². The van der Waals surface area contributed by atoms with Crippen LogP contribution in [0.25, 0.3) is 6.08 Å². The Labute approximate surface area is 123 Å². The van der Waals surface area contributed by atoms with Gasteiger partial charge >= 0.3 is 10.8 Å². The number of thiazole rings is 1. The second-order valence-electron chi connectivity index (χ2n) is 4.15. The first-order valence-corrected chi connectivity index (χ1v) is 6.88. The number of carboxylic acid groups (broad SMARTS) is 1. The number of amides is 1. The molecular weight excluding hydrogens is 292 g/mol. The van der Waals surface area contributed by atoms with E-state index >= 15 is 0 Å². The van der Waals surface area contributed by atoms with Crippen LogP contribution in [0.5, 0.6) is 0 Å². The molecule has 1 amide bonds. The zero-order valence-electron chi connectivity index (χ0n) is 10.8. The van der Waals surface area contributed by atoms with Crippen molar-refractivity contribution in [3.63, 3.8) is 0 Å². The van der Waals surface area contributed by atoms with Gasteiger partial charge in [0.15, 0.2) is 0 Å². The molecule has 0 fully saturated rings. The van der Waals surface area contributed by atoms with Gasteiger partial charge in [-0.05, 0) is 23.8 Å². The summed E-state index contributed by atoms with van der Waals surface area (Å²) in [7, 11) is 0. The fourth-order valence-corrected chi connectivity index (χ4v) is 2.21. The normalized spacial score (nSPS) is 10.7. The molecule has 21 heavy (non-hydrogen) atoms. The molecule has 0 bridgehead atoms. The lowest BCUT2D eigenvalue weighted by molar-refractivity contribution is -0.131. The quantitative estimate of drug-likeness (QED) is 0.728. The Morgan fingerprint density at radius 3 is 2.86 bits per heavy atom. The predicted molar refractivity (Wildman–Crippen MR) is 79.2 cm³/mol. The summed E-state index contributed by atoms with van der Waals surface area (Å²) in [6.07, 6.45) is 2.42. The van der Waals surface area contributed by atoms with E-state index in [1.807, 2.05) is 0 Å². The highest BCUT2D eigenvalue weighted by atomic mass is 32.1. The molecule has 0 atom stereocenters. The van der Waals surface area contributed by atoms with Crippen LogP contribution in [0, 0.1) is 0 Å². The number of aromatic amines is 1. The second-order valence-corrected chi connectivity index (χ2v) is 5.00. The summed E-state index contributed by atoms with van der Waals surface area (Å²) in [5.41, 5.74) is 1.68. The van der Waals surface area contributed by atoms with Gasteiger partial charge in [-0.3, -0.25) is 9.59 Å². The maximum absolute atomic E-state index is 12.0. The molecule has 7 heteroatoms. The van der Waals surface area contributed by atoms with E-state index in [9.17, 15) is 14.4 Å². The van der Waals surface area contributed by atoms with Crippen molar-refractivity contribution in [2.45, 2.75) is 6.54 Å². The minimum Gasteiger partial charge on any atom is -0.478 e. The minimum atomic E-state index is -1.05. The standard InChI is InChI=1S/C14H12N2O4S/c17-12(18)5-4-9-2-1-3-10(6-9)13(19)15-7-11-8-21-14(20)16-11/h1-6,8H,7H2,(H,15,19)(H,16,20)(H,17,18)/b5-4+. The number of benzene rings is 1. The summed E-state index contributed by atoms with van der Waals surface area (Å²) in [5, 5.41) is 12.9. The van der Waals surface area contributed by atoms with E-state index in [0.29, 0.717) is 16.8 Å². The largest absolute Gasteiger partial charge is 0.478 e. The van der Waals surface area contributed by atoms with Crippen LogP contribution in [0.4, 0.5) is 0 Å². The van der Waals surface area contributed by atoms with Crippen LogP contribution in [0.3, 0.4) is 0 Å². The number of nitrogens with one attached hydrogen (secondary N) is 2. The van der Waals surface area contributed by atoms with Crippen molar-refractivity contribution >= 4 is 29.3 Å². The predicted octanol–water partition coefficient (Wildman–Crippen LogP) is 1.46. The summed E-state index contributed by atoms with van der Waals surface area (Å²) >= 11 is 1.04. The first kappa shape index (κ1) is 14.7. The molecule has 3 N–H and O–H groups in total. The Balaban J connectivity index is 2.03. The molecule has 0 spiro atoms. The number of aliphatic carboxylic acids is 1. The van der Waals surface area contributed by atoms with Crippen LogP contribution in [0.1, 0.15) is 21.6 Å². The van der Waals surface area contributed by atoms with Gasteiger partial charge in [0.05, 0.1) is 6.54 Å². The summed E-state index contributed by atoms with van der Waals surface area (Å²) in [6.45, 7) is 0.229. The van der Waals surface area contributed by atoms with Crippen molar-refractivity contribution in [2.75, 3.05) is 0 Å². The van der Waals surface area contributed by atoms with E-state index in [1.165, 1.54) is 6.08 Å². The molecule has 6 nitrogen and oxygen atoms in total. The molecule has 0 aliphatic carbocycles. The van der Waals surface area contributed by atoms with Gasteiger partial charge in [-0.2, -0.15) is 0 Å². The van der Waals surface area contributed by atoms with Gasteiger partial charge < -0.3 is 15.4 Å². The summed E-state index contributed by atoms with van der Waals surface area (Å²) < 4.78 is 0. The van der Waals surface area contributed by atoms with Crippen LogP contribution >= 0.6 is 11.3 Å². The molecule has 108 valence electrons. The Morgan fingerprint density at radius 1 is 1.38 bits per heavy atom. The lowest BCUT2D eigenvalue weighted by Gasteiger charge is -2.04. The van der Waals surface area contributed by atoms with Crippen molar-refractivity contribution in [1.82, 2.24) is 10.3 Å². The Morgan fingerprint density at radius 2 is 2.19 bits per heavy atom. The van der Waals surface area contributed by atoms with Gasteiger partial charge in [-0.1, -0.05) is 23.5 Å². The van der Waals surface area contributed by atoms with E-state index in [2.05, 4.69) is 10.3 Å². The molecular formula is C14H12N2O4S. The van der Waals surface area contributed by atoms with E-state index < -0.39 is 5.97 Å². The van der Waals surface area contributed by atoms with Gasteiger partial charge in [-0.25, -0.2) is 4.79 Å². The zero-order chi connectivity index (χ0) is 15.2. The molecule has 1 heterocycles. The zero-order valence-corrected chi connectivity index (χ0v) is 11.6. The van der Waals surface area contributed by atoms with Crippen molar-refractivity contribution in [3.05, 3.63) is 62.2 Å². The van der Waals surface area contributed by atoms with Gasteiger partial charge in [0.2, 0.25) is 0 Å². The fraction of sp³-hybridized carbons (Fsp3) is 0.0714. The summed E-state index contributed by atoms with van der Waals surface area (Å²) in [5.74, 6) is -1.35. The third-order valence-corrected chi connectivity index (χ3v) is 3.30. The molecule has 0 radical (unpaired) electrons. The third-order valence-electron chi connectivity index (χ3n) is 2.58. The van der Waals surface area contributed by atoms with E-state index in [1.54, 1.807) is 29.6 Å². The molecule has 0 aliphatic heterocycles. The molecule has 2 rings (SSSR count). The number of carbonyl (C=O) groups is 2. The fourth-order valence-electron chi connectivity index (χ4n) is 1.63. The highest BCUT2D eigenvalue weighted by molar-refractivity contribution is 7.07. The Hall–Kier alpha value is -2.67. The Kier molecular flexibility index (Phi) is 4.68. The van der Waals surface area contributed by atoms with Crippen LogP contribution in [0.15, 0.2) is 40.5 Å². The van der Waals surface area contributed by atoms with E-state index in [4.69, 9.17) is 5.11 Å². The topological polar surface area (TPSA) is 99.3 Å². The maximum Gasteiger partial charge on any atom is 0.328 e. The molecule has 1 aromatic heterocycles. The highest BCUT2D eigenvalue weighted by Crippen LogP contribution is 2.07. The van der Waals surface area contributed by atoms with Crippen LogP contribution in [-0.2, 0) is 11.3 Å². The number of H-pyrrole nitrogens is 1. The highest BCUT2D eigenvalue weighted by Gasteiger charge is 2.06. The maximum atomic E-state index is 12.0. The molecule has 2 aromatic rings. The van der Waals surface area contributed by atoms with Crippen molar-refractivity contribution in [3.8, 4) is 0 Å². The molecule has 0 aliphatic rings. The van der Waals surface area contributed by atoms with E-state index in [0.717, 1.165) is 17.4 Å². The van der Waals surface area contributed by atoms with Crippen LogP contribution in [-0.4, -0.2) is 22.0 Å². The number of carbonyl (C=O) groups excluding carboxylic acids is 1. The van der Waals surface area contributed by atoms with Gasteiger partial charge in [0.25, 0.3) is 5.91 Å². The lowest BCUT2D eigenvalue weighted by atomic mass is 10.1. The first-order chi connectivity index (χ1) is 10.0. The molecule has 0 saturated carbocycles. The van der Waals surface area contributed by atoms with Gasteiger partial charge in [0, 0.05) is 22.7 Å². The summed E-state index contributed by atoms with van der Waals surface area (Å²) in [4.78, 5) is 35.8. The number of hydrogen-bond acceptors (Lipinski definition) is 4. The van der Waals surface area contributed by atoms with Crippen molar-refractivity contribution < 1.29 is 14.7 Å². The van der Waals surface area contributed by atoms with Gasteiger partial charge in [0.1, 0.15) is 0 Å². The lowest BCUT2D eigenvalue weighted by Crippen LogP contribution is -2.23. The van der Waals surface area contributed by atoms with Crippen molar-refractivity contribution in [1.29, 1.82) is 0 Å². The average molecular weight is 304 g/mol. The summed E-state index contributed by atoms with van der Waals surface area (Å²) in [6, 6.07) is 6.59. The van der Waals surface area contributed by atoms with Gasteiger partial charge in [-0.15, -0.1) is 0 Å². The molecule has 1 aromatic carbocycles. The average Bonchev–Trinajstić information content (AvgIpc) is 2.88. The van der Waals surface area contributed by atoms with Crippen LogP contribution in [0.2, 0.25) is 0 Å². The minimum absolute atomic E-state index is 0.167. The first-order valence-electron chi connectivity index (χ1n) is 6.00. The number of aromatic nitrogens is 1.